The third kappa shape index (κ3) is 2.24. The highest BCUT2D eigenvalue weighted by atomic mass is 32.1. The van der Waals surface area contributed by atoms with E-state index in [-0.39, 0.29) is 11.9 Å². The minimum atomic E-state index is -0.221. The zero-order valence-corrected chi connectivity index (χ0v) is 7.47. The molecule has 1 atom stereocenters. The van der Waals surface area contributed by atoms with E-state index in [9.17, 15) is 4.79 Å². The molecule has 1 amide bonds. The summed E-state index contributed by atoms with van der Waals surface area (Å²) in [7, 11) is 0. The molecule has 6 heteroatoms. The van der Waals surface area contributed by atoms with Crippen molar-refractivity contribution >= 4 is 17.6 Å². The Morgan fingerprint density at radius 3 is 3.17 bits per heavy atom. The number of rotatable bonds is 3. The van der Waals surface area contributed by atoms with Crippen molar-refractivity contribution in [1.82, 2.24) is 14.1 Å². The SMILES string of the molecule is C[C@H](CN)NC(=O)c1cnsn1. The van der Waals surface area contributed by atoms with Gasteiger partial charge in [-0.05, 0) is 6.92 Å². The van der Waals surface area contributed by atoms with Gasteiger partial charge in [0.25, 0.3) is 5.91 Å². The van der Waals surface area contributed by atoms with E-state index in [2.05, 4.69) is 14.1 Å². The lowest BCUT2D eigenvalue weighted by atomic mass is 10.3. The highest BCUT2D eigenvalue weighted by Crippen LogP contribution is 1.94. The Balaban J connectivity index is 2.50. The minimum absolute atomic E-state index is 0.0285. The topological polar surface area (TPSA) is 80.9 Å². The van der Waals surface area contributed by atoms with Crippen LogP contribution >= 0.6 is 11.7 Å². The number of aromatic nitrogens is 2. The molecular weight excluding hydrogens is 176 g/mol. The molecule has 0 aliphatic carbocycles. The molecule has 0 radical (unpaired) electrons. The molecule has 0 unspecified atom stereocenters. The smallest absolute Gasteiger partial charge is 0.272 e. The number of amides is 1. The molecule has 1 aromatic heterocycles. The third-order valence-corrected chi connectivity index (χ3v) is 1.80. The van der Waals surface area contributed by atoms with Gasteiger partial charge in [0.2, 0.25) is 0 Å². The van der Waals surface area contributed by atoms with Crippen LogP contribution in [0.3, 0.4) is 0 Å². The molecule has 12 heavy (non-hydrogen) atoms. The fraction of sp³-hybridized carbons (Fsp3) is 0.500. The van der Waals surface area contributed by atoms with Crippen molar-refractivity contribution in [2.75, 3.05) is 6.54 Å². The molecule has 3 N–H and O–H groups in total. The van der Waals surface area contributed by atoms with Crippen molar-refractivity contribution in [1.29, 1.82) is 0 Å². The average Bonchev–Trinajstić information content (AvgIpc) is 2.56. The Labute approximate surface area is 74.3 Å². The largest absolute Gasteiger partial charge is 0.347 e. The molecule has 1 aromatic rings. The Hall–Kier alpha value is -1.01. The van der Waals surface area contributed by atoms with E-state index in [1.165, 1.54) is 6.20 Å². The second kappa shape index (κ2) is 4.13. The van der Waals surface area contributed by atoms with Gasteiger partial charge in [0.15, 0.2) is 5.69 Å². The molecule has 5 nitrogen and oxygen atoms in total. The second-order valence-electron chi connectivity index (χ2n) is 2.40. The summed E-state index contributed by atoms with van der Waals surface area (Å²) >= 11 is 1.01. The van der Waals surface area contributed by atoms with Crippen LogP contribution in [-0.4, -0.2) is 27.2 Å². The van der Waals surface area contributed by atoms with Gasteiger partial charge >= 0.3 is 0 Å². The Kier molecular flexibility index (Phi) is 3.12. The fourth-order valence-corrected chi connectivity index (χ4v) is 1.03. The highest BCUT2D eigenvalue weighted by Gasteiger charge is 2.10. The standard InChI is InChI=1S/C6H10N4OS/c1-4(2-7)9-6(11)5-3-8-12-10-5/h3-4H,2,7H2,1H3,(H,9,11)/t4-/m1/s1. The molecule has 0 spiro atoms. The van der Waals surface area contributed by atoms with E-state index in [1.54, 1.807) is 0 Å². The van der Waals surface area contributed by atoms with Gasteiger partial charge in [-0.25, -0.2) is 0 Å². The predicted octanol–water partition coefficient (Wildman–Crippen LogP) is -0.385. The van der Waals surface area contributed by atoms with Crippen molar-refractivity contribution < 1.29 is 4.79 Å². The lowest BCUT2D eigenvalue weighted by molar-refractivity contribution is 0.0937. The van der Waals surface area contributed by atoms with Gasteiger partial charge in [-0.2, -0.15) is 8.75 Å². The van der Waals surface area contributed by atoms with Crippen molar-refractivity contribution in [2.24, 2.45) is 5.73 Å². The first kappa shape index (κ1) is 9.08. The zero-order chi connectivity index (χ0) is 8.97. The fourth-order valence-electron chi connectivity index (χ4n) is 0.621. The normalized spacial score (nSPS) is 12.5. The van der Waals surface area contributed by atoms with Crippen LogP contribution < -0.4 is 11.1 Å². The van der Waals surface area contributed by atoms with E-state index >= 15 is 0 Å². The number of hydrogen-bond acceptors (Lipinski definition) is 5. The van der Waals surface area contributed by atoms with Crippen molar-refractivity contribution in [3.05, 3.63) is 11.9 Å². The number of hydrogen-bond donors (Lipinski definition) is 2. The molecule has 0 aromatic carbocycles. The van der Waals surface area contributed by atoms with Crippen LogP contribution in [0.5, 0.6) is 0 Å². The summed E-state index contributed by atoms with van der Waals surface area (Å²) in [4.78, 5) is 11.2. The minimum Gasteiger partial charge on any atom is -0.347 e. The first-order valence-electron chi connectivity index (χ1n) is 3.52. The van der Waals surface area contributed by atoms with Crippen molar-refractivity contribution in [3.63, 3.8) is 0 Å². The van der Waals surface area contributed by atoms with E-state index in [0.29, 0.717) is 12.2 Å². The summed E-state index contributed by atoms with van der Waals surface area (Å²) in [6.45, 7) is 2.25. The quantitative estimate of drug-likeness (QED) is 0.674. The maximum absolute atomic E-state index is 11.2. The molecular formula is C6H10N4OS. The lowest BCUT2D eigenvalue weighted by Crippen LogP contribution is -2.37. The zero-order valence-electron chi connectivity index (χ0n) is 6.65. The summed E-state index contributed by atoms with van der Waals surface area (Å²) in [6, 6.07) is -0.0285. The average molecular weight is 186 g/mol. The number of nitrogens with zero attached hydrogens (tertiary/aromatic N) is 2. The van der Waals surface area contributed by atoms with Gasteiger partial charge in [-0.3, -0.25) is 4.79 Å². The summed E-state index contributed by atoms with van der Waals surface area (Å²) < 4.78 is 7.50. The number of carbonyl (C=O) groups excluding carboxylic acids is 1. The van der Waals surface area contributed by atoms with Crippen LogP contribution in [0.2, 0.25) is 0 Å². The first-order valence-corrected chi connectivity index (χ1v) is 4.25. The highest BCUT2D eigenvalue weighted by molar-refractivity contribution is 6.99. The molecule has 1 rings (SSSR count). The van der Waals surface area contributed by atoms with E-state index in [4.69, 9.17) is 5.73 Å². The molecule has 0 fully saturated rings. The van der Waals surface area contributed by atoms with Crippen molar-refractivity contribution in [2.45, 2.75) is 13.0 Å². The lowest BCUT2D eigenvalue weighted by Gasteiger charge is -2.08. The van der Waals surface area contributed by atoms with Crippen molar-refractivity contribution in [3.8, 4) is 0 Å². The molecule has 66 valence electrons. The Morgan fingerprint density at radius 2 is 2.67 bits per heavy atom. The Morgan fingerprint density at radius 1 is 1.92 bits per heavy atom. The van der Waals surface area contributed by atoms with E-state index in [0.717, 1.165) is 11.7 Å². The molecule has 0 saturated carbocycles. The Bertz CT molecular complexity index is 248. The molecule has 0 bridgehead atoms. The van der Waals surface area contributed by atoms with Crippen LogP contribution in [-0.2, 0) is 0 Å². The van der Waals surface area contributed by atoms with Crippen LogP contribution in [0.15, 0.2) is 6.20 Å². The van der Waals surface area contributed by atoms with Crippen LogP contribution in [0.25, 0.3) is 0 Å². The molecule has 0 saturated heterocycles. The second-order valence-corrected chi connectivity index (χ2v) is 2.96. The van der Waals surface area contributed by atoms with Crippen LogP contribution in [0, 0.1) is 0 Å². The summed E-state index contributed by atoms with van der Waals surface area (Å²) in [5, 5.41) is 2.67. The summed E-state index contributed by atoms with van der Waals surface area (Å²) in [5.74, 6) is -0.221. The van der Waals surface area contributed by atoms with Crippen LogP contribution in [0.4, 0.5) is 0 Å². The van der Waals surface area contributed by atoms with Gasteiger partial charge in [0.05, 0.1) is 17.9 Å². The number of carbonyl (C=O) groups is 1. The van der Waals surface area contributed by atoms with E-state index in [1.807, 2.05) is 6.92 Å². The molecule has 0 aliphatic rings. The van der Waals surface area contributed by atoms with Gasteiger partial charge in [-0.1, -0.05) is 0 Å². The number of nitrogens with one attached hydrogen (secondary N) is 1. The first-order chi connectivity index (χ1) is 5.74. The maximum atomic E-state index is 11.2. The van der Waals surface area contributed by atoms with Gasteiger partial charge in [0.1, 0.15) is 0 Å². The molecule has 0 aliphatic heterocycles. The summed E-state index contributed by atoms with van der Waals surface area (Å²) in [5.41, 5.74) is 5.67. The summed E-state index contributed by atoms with van der Waals surface area (Å²) in [6.07, 6.45) is 1.43. The predicted molar refractivity (Wildman–Crippen MR) is 45.9 cm³/mol. The number of nitrogens with two attached hydrogens (primary N) is 1. The monoisotopic (exact) mass is 186 g/mol. The van der Waals surface area contributed by atoms with E-state index < -0.39 is 0 Å². The van der Waals surface area contributed by atoms with Gasteiger partial charge in [-0.15, -0.1) is 0 Å². The van der Waals surface area contributed by atoms with Gasteiger partial charge in [0, 0.05) is 12.6 Å². The third-order valence-electron chi connectivity index (χ3n) is 1.32. The van der Waals surface area contributed by atoms with Crippen LogP contribution in [0.1, 0.15) is 17.4 Å². The molecule has 1 heterocycles. The van der Waals surface area contributed by atoms with Gasteiger partial charge < -0.3 is 11.1 Å². The maximum Gasteiger partial charge on any atom is 0.272 e.